The molecule has 2 aliphatic heterocycles. The van der Waals surface area contributed by atoms with Gasteiger partial charge in [0.2, 0.25) is 11.8 Å². The molecule has 3 amide bonds. The number of hydrogen-bond donors (Lipinski definition) is 3. The molecular weight excluding hydrogens is 659 g/mol. The van der Waals surface area contributed by atoms with E-state index in [2.05, 4.69) is 10.3 Å². The molecule has 7 rings (SSSR count). The lowest BCUT2D eigenvalue weighted by Crippen LogP contribution is -2.42. The summed E-state index contributed by atoms with van der Waals surface area (Å²) in [6.45, 7) is 1.84. The molecule has 3 aromatic rings. The first kappa shape index (κ1) is 32.1. The number of hydrogen-bond acceptors (Lipinski definition) is 10. The number of imide groups is 1. The molecule has 0 radical (unpaired) electrons. The van der Waals surface area contributed by atoms with Gasteiger partial charge < -0.3 is 24.9 Å². The number of anilines is 1. The number of carboxylic acid groups (broad SMARTS) is 1. The van der Waals surface area contributed by atoms with Crippen LogP contribution < -0.4 is 14.9 Å². The number of carbonyl (C=O) groups excluding carboxylic acids is 4. The molecule has 3 fully saturated rings. The van der Waals surface area contributed by atoms with E-state index >= 15 is 0 Å². The van der Waals surface area contributed by atoms with E-state index in [4.69, 9.17) is 14.6 Å². The third kappa shape index (κ3) is 5.70. The molecule has 0 spiro atoms. The zero-order valence-corrected chi connectivity index (χ0v) is 27.5. The normalized spacial score (nSPS) is 26.5. The first-order valence-electron chi connectivity index (χ1n) is 15.9. The van der Waals surface area contributed by atoms with E-state index in [-0.39, 0.29) is 84.1 Å². The van der Waals surface area contributed by atoms with Crippen molar-refractivity contribution >= 4 is 58.4 Å². The van der Waals surface area contributed by atoms with Gasteiger partial charge in [0.1, 0.15) is 5.75 Å². The number of nitrogens with one attached hydrogen (secondary N) is 2. The van der Waals surface area contributed by atoms with Crippen molar-refractivity contribution in [3.05, 3.63) is 74.2 Å². The molecule has 3 N–H and O–H groups in total. The van der Waals surface area contributed by atoms with Crippen LogP contribution in [0.3, 0.4) is 0 Å². The fourth-order valence-electron chi connectivity index (χ4n) is 8.11. The van der Waals surface area contributed by atoms with Crippen LogP contribution in [0, 0.1) is 29.6 Å². The molecule has 4 aliphatic rings. The van der Waals surface area contributed by atoms with E-state index in [9.17, 15) is 28.8 Å². The fraction of sp³-hybridized carbons (Fsp3) is 0.412. The van der Waals surface area contributed by atoms with Crippen molar-refractivity contribution < 1.29 is 38.6 Å². The average molecular weight is 692 g/mol. The number of nitrogens with zero attached hydrogens (tertiary/aromatic N) is 1. The van der Waals surface area contributed by atoms with Crippen LogP contribution >= 0.6 is 23.1 Å². The number of aromatic nitrogens is 1. The van der Waals surface area contributed by atoms with Crippen LogP contribution in [0.2, 0.25) is 0 Å². The zero-order valence-electron chi connectivity index (χ0n) is 25.9. The Morgan fingerprint density at radius 3 is 2.52 bits per heavy atom. The highest BCUT2D eigenvalue weighted by Gasteiger charge is 2.69. The summed E-state index contributed by atoms with van der Waals surface area (Å²) in [4.78, 5) is 80.4. The van der Waals surface area contributed by atoms with Gasteiger partial charge in [0.05, 0.1) is 29.0 Å². The highest BCUT2D eigenvalue weighted by molar-refractivity contribution is 8.00. The van der Waals surface area contributed by atoms with Gasteiger partial charge in [-0.05, 0) is 79.5 Å². The van der Waals surface area contributed by atoms with E-state index in [0.717, 1.165) is 33.2 Å². The summed E-state index contributed by atoms with van der Waals surface area (Å²) in [6.07, 6.45) is 0.849. The Hall–Kier alpha value is -4.43. The molecule has 250 valence electrons. The number of thiazole rings is 1. The number of ether oxygens (including phenoxy) is 2. The van der Waals surface area contributed by atoms with Gasteiger partial charge in [0.25, 0.3) is 5.91 Å². The predicted octanol–water partition coefficient (Wildman–Crippen LogP) is 3.97. The Balaban J connectivity index is 1.09. The second kappa shape index (κ2) is 12.9. The molecule has 1 aromatic heterocycles. The average Bonchev–Trinajstić information content (AvgIpc) is 3.80. The molecule has 2 aliphatic carbocycles. The van der Waals surface area contributed by atoms with Gasteiger partial charge in [-0.2, -0.15) is 0 Å². The number of carboxylic acids is 1. The molecular formula is C34H33N3O9S2. The first-order valence-corrected chi connectivity index (χ1v) is 17.6. The Labute approximate surface area is 283 Å². The smallest absolute Gasteiger partial charge is 0.338 e. The van der Waals surface area contributed by atoms with Gasteiger partial charge in [0.15, 0.2) is 6.61 Å². The molecule has 48 heavy (non-hydrogen) atoms. The number of aromatic amines is 1. The molecule has 2 bridgehead atoms. The SMILES string of the molecule is CCOC(=O)c1ccc(NC(=O)COc2cccc([C@H]3c4sc(=O)[nH]c4SC4C5CC(C6C(=O)N(CCCC(=O)O)C(=O)C56)C43)c2)cc1. The first-order chi connectivity index (χ1) is 23.1. The number of amides is 3. The molecule has 3 heterocycles. The second-order valence-corrected chi connectivity index (χ2v) is 14.7. The summed E-state index contributed by atoms with van der Waals surface area (Å²) in [5, 5.41) is 12.6. The van der Waals surface area contributed by atoms with Gasteiger partial charge >= 0.3 is 16.8 Å². The standard InChI is InChI=1S/C34H33N3O9S2/c1-2-45-33(43)16-8-10-18(11-9-16)35-22(38)15-46-19-6-3-5-17(13-19)24-25-20-14-21(28(25)47-30-29(24)48-34(44)36-30)27-26(20)31(41)37(32(27)42)12-4-7-23(39)40/h3,5-6,8-11,13,20-21,24-28H,2,4,7,12,14-15H2,1H3,(H,35,38)(H,36,44)(H,39,40)/t20?,21?,24-,25?,26?,27?,28?/m1/s1. The molecule has 14 heteroatoms. The maximum atomic E-state index is 13.7. The van der Waals surface area contributed by atoms with Crippen LogP contribution in [0.15, 0.2) is 58.4 Å². The zero-order chi connectivity index (χ0) is 33.7. The molecule has 7 atom stereocenters. The third-order valence-electron chi connectivity index (χ3n) is 9.85. The summed E-state index contributed by atoms with van der Waals surface area (Å²) >= 11 is 2.75. The van der Waals surface area contributed by atoms with E-state index in [1.54, 1.807) is 49.0 Å². The number of thioether (sulfide) groups is 1. The van der Waals surface area contributed by atoms with Crippen molar-refractivity contribution in [3.8, 4) is 5.75 Å². The van der Waals surface area contributed by atoms with Crippen LogP contribution in [0.4, 0.5) is 5.69 Å². The molecule has 12 nitrogen and oxygen atoms in total. The number of likely N-dealkylation sites (tertiary alicyclic amines) is 1. The minimum absolute atomic E-state index is 0.00736. The molecule has 6 unspecified atom stereocenters. The van der Waals surface area contributed by atoms with E-state index in [0.29, 0.717) is 17.0 Å². The number of benzene rings is 2. The monoisotopic (exact) mass is 691 g/mol. The topological polar surface area (TPSA) is 172 Å². The van der Waals surface area contributed by atoms with Gasteiger partial charge in [0, 0.05) is 34.7 Å². The summed E-state index contributed by atoms with van der Waals surface area (Å²) < 4.78 is 10.9. The largest absolute Gasteiger partial charge is 0.484 e. The highest BCUT2D eigenvalue weighted by atomic mass is 32.2. The van der Waals surface area contributed by atoms with Crippen molar-refractivity contribution in [3.63, 3.8) is 0 Å². The van der Waals surface area contributed by atoms with Crippen molar-refractivity contribution in [1.29, 1.82) is 0 Å². The lowest BCUT2D eigenvalue weighted by Gasteiger charge is -2.43. The Kier molecular flexibility index (Phi) is 8.62. The van der Waals surface area contributed by atoms with Gasteiger partial charge in [-0.25, -0.2) is 4.79 Å². The minimum atomic E-state index is -0.964. The lowest BCUT2D eigenvalue weighted by molar-refractivity contribution is -0.142. The summed E-state index contributed by atoms with van der Waals surface area (Å²) in [5.74, 6) is -2.95. The number of carbonyl (C=O) groups is 5. The Bertz CT molecular complexity index is 1850. The van der Waals surface area contributed by atoms with Crippen molar-refractivity contribution in [2.45, 2.75) is 42.4 Å². The van der Waals surface area contributed by atoms with Gasteiger partial charge in [-0.15, -0.1) is 11.8 Å². The fourth-order valence-corrected chi connectivity index (χ4v) is 11.0. The minimum Gasteiger partial charge on any atom is -0.484 e. The van der Waals surface area contributed by atoms with Gasteiger partial charge in [-0.3, -0.25) is 28.9 Å². The van der Waals surface area contributed by atoms with Crippen molar-refractivity contribution in [1.82, 2.24) is 9.88 Å². The predicted molar refractivity (Wildman–Crippen MR) is 175 cm³/mol. The van der Waals surface area contributed by atoms with E-state index < -0.39 is 23.8 Å². The maximum absolute atomic E-state index is 13.7. The lowest BCUT2D eigenvalue weighted by atomic mass is 9.68. The number of aliphatic carboxylic acids is 1. The maximum Gasteiger partial charge on any atom is 0.338 e. The number of esters is 1. The van der Waals surface area contributed by atoms with Crippen LogP contribution in [0.25, 0.3) is 0 Å². The van der Waals surface area contributed by atoms with Crippen molar-refractivity contribution in [2.24, 2.45) is 29.6 Å². The van der Waals surface area contributed by atoms with Crippen LogP contribution in [-0.4, -0.2) is 69.7 Å². The highest BCUT2D eigenvalue weighted by Crippen LogP contribution is 2.68. The second-order valence-electron chi connectivity index (χ2n) is 12.5. The number of H-pyrrole nitrogens is 1. The van der Waals surface area contributed by atoms with Crippen molar-refractivity contribution in [2.75, 3.05) is 25.1 Å². The van der Waals surface area contributed by atoms with Gasteiger partial charge in [-0.1, -0.05) is 23.5 Å². The molecule has 2 aromatic carbocycles. The van der Waals surface area contributed by atoms with Crippen LogP contribution in [0.5, 0.6) is 5.75 Å². The van der Waals surface area contributed by atoms with E-state index in [1.807, 2.05) is 18.2 Å². The van der Waals surface area contributed by atoms with Crippen LogP contribution in [0.1, 0.15) is 52.9 Å². The number of fused-ring (bicyclic) bond motifs is 9. The van der Waals surface area contributed by atoms with E-state index in [1.165, 1.54) is 4.90 Å². The third-order valence-corrected chi connectivity index (χ3v) is 12.4. The Morgan fingerprint density at radius 1 is 1.04 bits per heavy atom. The molecule has 2 saturated carbocycles. The summed E-state index contributed by atoms with van der Waals surface area (Å²) in [6, 6.07) is 13.8. The summed E-state index contributed by atoms with van der Waals surface area (Å²) in [5.41, 5.74) is 1.78. The quantitative estimate of drug-likeness (QED) is 0.197. The number of rotatable bonds is 11. The summed E-state index contributed by atoms with van der Waals surface area (Å²) in [7, 11) is 0. The molecule has 1 saturated heterocycles. The van der Waals surface area contributed by atoms with Crippen LogP contribution in [-0.2, 0) is 23.9 Å². The Morgan fingerprint density at radius 2 is 1.79 bits per heavy atom.